The molecular formula is C13H16ClNO3. The van der Waals surface area contributed by atoms with Crippen LogP contribution < -0.4 is 5.32 Å². The van der Waals surface area contributed by atoms with Crippen LogP contribution in [0.1, 0.15) is 18.4 Å². The maximum atomic E-state index is 11.8. The number of alkyl halides is 1. The van der Waals surface area contributed by atoms with Crippen molar-refractivity contribution in [3.63, 3.8) is 0 Å². The number of carbonyl (C=O) groups excluding carboxylic acids is 2. The first-order valence-corrected chi connectivity index (χ1v) is 6.26. The van der Waals surface area contributed by atoms with Crippen molar-refractivity contribution in [1.82, 2.24) is 5.32 Å². The molecule has 1 aromatic rings. The van der Waals surface area contributed by atoms with Crippen molar-refractivity contribution in [2.75, 3.05) is 19.0 Å². The van der Waals surface area contributed by atoms with Gasteiger partial charge in [-0.25, -0.2) is 4.79 Å². The number of hydrogen-bond acceptors (Lipinski definition) is 3. The highest BCUT2D eigenvalue weighted by atomic mass is 35.5. The fraction of sp³-hybridized carbons (Fsp3) is 0.385. The molecule has 98 valence electrons. The summed E-state index contributed by atoms with van der Waals surface area (Å²) in [5.74, 6) is -0.642. The lowest BCUT2D eigenvalue weighted by Crippen LogP contribution is -2.32. The highest BCUT2D eigenvalue weighted by Gasteiger charge is 2.20. The minimum atomic E-state index is -0.527. The molecule has 0 radical (unpaired) electrons. The molecule has 0 heterocycles. The van der Waals surface area contributed by atoms with Gasteiger partial charge in [0.1, 0.15) is 0 Å². The predicted molar refractivity (Wildman–Crippen MR) is 69.9 cm³/mol. The van der Waals surface area contributed by atoms with Gasteiger partial charge in [-0.05, 0) is 12.5 Å². The number of alkyl carbamates (subject to hydrolysis) is 1. The van der Waals surface area contributed by atoms with E-state index in [4.69, 9.17) is 16.3 Å². The van der Waals surface area contributed by atoms with Gasteiger partial charge < -0.3 is 10.1 Å². The number of ketones is 1. The summed E-state index contributed by atoms with van der Waals surface area (Å²) in [6.07, 6.45) is -0.527. The number of rotatable bonds is 6. The molecule has 1 aromatic carbocycles. The summed E-state index contributed by atoms with van der Waals surface area (Å²) >= 11 is 5.58. The second kappa shape index (κ2) is 7.71. The van der Waals surface area contributed by atoms with Crippen LogP contribution in [0.3, 0.4) is 0 Å². The minimum absolute atomic E-state index is 0.0793. The van der Waals surface area contributed by atoms with E-state index >= 15 is 0 Å². The quantitative estimate of drug-likeness (QED) is 0.807. The largest absolute Gasteiger partial charge is 0.450 e. The van der Waals surface area contributed by atoms with Crippen LogP contribution in [0.5, 0.6) is 0 Å². The Morgan fingerprint density at radius 2 is 2.00 bits per heavy atom. The minimum Gasteiger partial charge on any atom is -0.450 e. The molecular weight excluding hydrogens is 254 g/mol. The Hall–Kier alpha value is -1.55. The van der Waals surface area contributed by atoms with E-state index in [2.05, 4.69) is 5.32 Å². The third kappa shape index (κ3) is 4.37. The molecule has 5 heteroatoms. The Labute approximate surface area is 111 Å². The van der Waals surface area contributed by atoms with Gasteiger partial charge in [0.25, 0.3) is 0 Å². The smallest absolute Gasteiger partial charge is 0.407 e. The Morgan fingerprint density at radius 1 is 1.33 bits per heavy atom. The van der Waals surface area contributed by atoms with Crippen molar-refractivity contribution >= 4 is 23.5 Å². The predicted octanol–water partition coefficient (Wildman–Crippen LogP) is 2.32. The van der Waals surface area contributed by atoms with Gasteiger partial charge in [-0.1, -0.05) is 30.3 Å². The molecule has 0 saturated carbocycles. The Morgan fingerprint density at radius 3 is 2.56 bits per heavy atom. The van der Waals surface area contributed by atoms with Crippen LogP contribution in [-0.2, 0) is 9.53 Å². The summed E-state index contributed by atoms with van der Waals surface area (Å²) < 4.78 is 4.75. The second-order valence-electron chi connectivity index (χ2n) is 3.66. The number of nitrogens with one attached hydrogen (secondary N) is 1. The molecule has 1 atom stereocenters. The number of benzene rings is 1. The zero-order valence-electron chi connectivity index (χ0n) is 10.2. The zero-order valence-corrected chi connectivity index (χ0v) is 10.9. The van der Waals surface area contributed by atoms with Crippen molar-refractivity contribution in [2.45, 2.75) is 12.8 Å². The van der Waals surface area contributed by atoms with E-state index < -0.39 is 12.0 Å². The van der Waals surface area contributed by atoms with E-state index in [0.717, 1.165) is 5.56 Å². The summed E-state index contributed by atoms with van der Waals surface area (Å²) in [6, 6.07) is 9.22. The molecule has 1 unspecified atom stereocenters. The van der Waals surface area contributed by atoms with E-state index in [-0.39, 0.29) is 18.2 Å². The molecule has 18 heavy (non-hydrogen) atoms. The molecule has 1 N–H and O–H groups in total. The SMILES string of the molecule is CCOC(=O)NCC(C(=O)CCl)c1ccccc1. The zero-order chi connectivity index (χ0) is 13.4. The number of hydrogen-bond donors (Lipinski definition) is 1. The molecule has 0 aromatic heterocycles. The van der Waals surface area contributed by atoms with Crippen LogP contribution >= 0.6 is 11.6 Å². The van der Waals surface area contributed by atoms with Crippen LogP contribution in [0.4, 0.5) is 4.79 Å². The van der Waals surface area contributed by atoms with Gasteiger partial charge in [0.2, 0.25) is 0 Å². The lowest BCUT2D eigenvalue weighted by Gasteiger charge is -2.15. The molecule has 0 saturated heterocycles. The molecule has 0 spiro atoms. The molecule has 0 fully saturated rings. The van der Waals surface area contributed by atoms with Crippen LogP contribution in [0.25, 0.3) is 0 Å². The van der Waals surface area contributed by atoms with E-state index in [0.29, 0.717) is 6.61 Å². The van der Waals surface area contributed by atoms with Gasteiger partial charge in [0.15, 0.2) is 5.78 Å². The molecule has 4 nitrogen and oxygen atoms in total. The summed E-state index contributed by atoms with van der Waals surface area (Å²) in [4.78, 5) is 23.0. The maximum absolute atomic E-state index is 11.8. The van der Waals surface area contributed by atoms with Gasteiger partial charge in [-0.15, -0.1) is 11.6 Å². The van der Waals surface area contributed by atoms with Crippen LogP contribution in [0.2, 0.25) is 0 Å². The lowest BCUT2D eigenvalue weighted by molar-refractivity contribution is -0.118. The molecule has 1 amide bonds. The molecule has 0 bridgehead atoms. The van der Waals surface area contributed by atoms with Gasteiger partial charge in [0.05, 0.1) is 18.4 Å². The standard InChI is InChI=1S/C13H16ClNO3/c1-2-18-13(17)15-9-11(12(16)8-14)10-6-4-3-5-7-10/h3-7,11H,2,8-9H2,1H3,(H,15,17). The van der Waals surface area contributed by atoms with Gasteiger partial charge in [-0.3, -0.25) is 4.79 Å². The Balaban J connectivity index is 2.69. The molecule has 1 rings (SSSR count). The normalized spacial score (nSPS) is 11.7. The fourth-order valence-electron chi connectivity index (χ4n) is 1.56. The lowest BCUT2D eigenvalue weighted by atomic mass is 9.95. The average molecular weight is 270 g/mol. The number of carbonyl (C=O) groups is 2. The Kier molecular flexibility index (Phi) is 6.22. The highest BCUT2D eigenvalue weighted by molar-refractivity contribution is 6.28. The number of ether oxygens (including phenoxy) is 1. The topological polar surface area (TPSA) is 55.4 Å². The molecule has 0 aliphatic rings. The Bertz CT molecular complexity index is 394. The van der Waals surface area contributed by atoms with Gasteiger partial charge in [-0.2, -0.15) is 0 Å². The van der Waals surface area contributed by atoms with Crippen LogP contribution in [0, 0.1) is 0 Å². The van der Waals surface area contributed by atoms with Crippen molar-refractivity contribution in [3.8, 4) is 0 Å². The monoisotopic (exact) mass is 269 g/mol. The number of Topliss-reactive ketones (excluding diaryl/α,β-unsaturated/α-hetero) is 1. The summed E-state index contributed by atoms with van der Waals surface area (Å²) in [6.45, 7) is 2.21. The first-order chi connectivity index (χ1) is 8.69. The highest BCUT2D eigenvalue weighted by Crippen LogP contribution is 2.16. The van der Waals surface area contributed by atoms with Crippen molar-refractivity contribution < 1.29 is 14.3 Å². The number of halogens is 1. The summed E-state index contributed by atoms with van der Waals surface area (Å²) in [5, 5.41) is 2.56. The van der Waals surface area contributed by atoms with E-state index in [1.165, 1.54) is 0 Å². The summed E-state index contributed by atoms with van der Waals surface area (Å²) in [5.41, 5.74) is 0.833. The molecule has 0 aliphatic heterocycles. The first-order valence-electron chi connectivity index (χ1n) is 5.73. The third-order valence-electron chi connectivity index (χ3n) is 2.45. The average Bonchev–Trinajstić information content (AvgIpc) is 2.40. The maximum Gasteiger partial charge on any atom is 0.407 e. The van der Waals surface area contributed by atoms with E-state index in [1.54, 1.807) is 6.92 Å². The third-order valence-corrected chi connectivity index (χ3v) is 2.71. The van der Waals surface area contributed by atoms with Crippen LogP contribution in [-0.4, -0.2) is 30.9 Å². The fourth-order valence-corrected chi connectivity index (χ4v) is 1.75. The van der Waals surface area contributed by atoms with E-state index in [1.807, 2.05) is 30.3 Å². The van der Waals surface area contributed by atoms with Crippen molar-refractivity contribution in [1.29, 1.82) is 0 Å². The van der Waals surface area contributed by atoms with Gasteiger partial charge in [0, 0.05) is 6.54 Å². The second-order valence-corrected chi connectivity index (χ2v) is 3.93. The first kappa shape index (κ1) is 14.5. The van der Waals surface area contributed by atoms with Gasteiger partial charge >= 0.3 is 6.09 Å². The number of amides is 1. The summed E-state index contributed by atoms with van der Waals surface area (Å²) in [7, 11) is 0. The van der Waals surface area contributed by atoms with E-state index in [9.17, 15) is 9.59 Å². The van der Waals surface area contributed by atoms with Crippen LogP contribution in [0.15, 0.2) is 30.3 Å². The van der Waals surface area contributed by atoms with Crippen molar-refractivity contribution in [2.24, 2.45) is 0 Å². The van der Waals surface area contributed by atoms with Crippen molar-refractivity contribution in [3.05, 3.63) is 35.9 Å². The molecule has 0 aliphatic carbocycles.